The van der Waals surface area contributed by atoms with Gasteiger partial charge in [0.1, 0.15) is 0 Å². The van der Waals surface area contributed by atoms with E-state index >= 15 is 0 Å². The molecule has 0 aliphatic carbocycles. The van der Waals surface area contributed by atoms with E-state index in [0.717, 1.165) is 0 Å². The van der Waals surface area contributed by atoms with E-state index in [1.54, 1.807) is 19.1 Å². The first-order chi connectivity index (χ1) is 9.41. The Balaban J connectivity index is 3.01. The van der Waals surface area contributed by atoms with Crippen LogP contribution in [0.2, 0.25) is 0 Å². The molecule has 20 heavy (non-hydrogen) atoms. The molecule has 0 radical (unpaired) electrons. The van der Waals surface area contributed by atoms with Gasteiger partial charge in [0, 0.05) is 0 Å². The zero-order chi connectivity index (χ0) is 15.2. The molecule has 3 N–H and O–H groups in total. The van der Waals surface area contributed by atoms with E-state index in [2.05, 4.69) is 5.43 Å². The highest BCUT2D eigenvalue weighted by Crippen LogP contribution is 2.34. The van der Waals surface area contributed by atoms with Gasteiger partial charge in [-0.1, -0.05) is 6.07 Å². The fourth-order valence-corrected chi connectivity index (χ4v) is 1.79. The van der Waals surface area contributed by atoms with Crippen LogP contribution in [0.5, 0.6) is 11.5 Å². The van der Waals surface area contributed by atoms with Gasteiger partial charge in [0.05, 0.1) is 25.7 Å². The number of halogens is 3. The lowest BCUT2D eigenvalue weighted by Gasteiger charge is -2.20. The molecular weight excluding hydrogens is 273 g/mol. The Morgan fingerprint density at radius 3 is 2.25 bits per heavy atom. The number of nitrogens with one attached hydrogen (secondary N) is 1. The molecule has 114 valence electrons. The summed E-state index contributed by atoms with van der Waals surface area (Å²) in [6.45, 7) is 4.44. The summed E-state index contributed by atoms with van der Waals surface area (Å²) < 4.78 is 48.2. The smallest absolute Gasteiger partial charge is 0.390 e. The van der Waals surface area contributed by atoms with Gasteiger partial charge in [-0.3, -0.25) is 11.3 Å². The van der Waals surface area contributed by atoms with Crippen LogP contribution in [-0.2, 0) is 0 Å². The molecule has 0 aromatic heterocycles. The first-order valence-electron chi connectivity index (χ1n) is 6.33. The van der Waals surface area contributed by atoms with Crippen LogP contribution in [0.25, 0.3) is 0 Å². The zero-order valence-corrected chi connectivity index (χ0v) is 11.5. The SMILES string of the molecule is CCOc1ccc(C(CC(F)(F)F)NN)cc1OCC. The third-order valence-electron chi connectivity index (χ3n) is 2.61. The fourth-order valence-electron chi connectivity index (χ4n) is 1.79. The molecule has 7 heteroatoms. The average Bonchev–Trinajstić information content (AvgIpc) is 2.37. The fraction of sp³-hybridized carbons (Fsp3) is 0.538. The molecule has 0 amide bonds. The zero-order valence-electron chi connectivity index (χ0n) is 11.5. The molecule has 0 saturated carbocycles. The highest BCUT2D eigenvalue weighted by molar-refractivity contribution is 5.44. The van der Waals surface area contributed by atoms with Crippen molar-refractivity contribution in [2.24, 2.45) is 5.84 Å². The van der Waals surface area contributed by atoms with Crippen molar-refractivity contribution in [1.82, 2.24) is 5.43 Å². The second kappa shape index (κ2) is 7.35. The third-order valence-corrected chi connectivity index (χ3v) is 2.61. The van der Waals surface area contributed by atoms with Crippen LogP contribution >= 0.6 is 0 Å². The van der Waals surface area contributed by atoms with E-state index in [4.69, 9.17) is 15.3 Å². The Bertz CT molecular complexity index is 425. The lowest BCUT2D eigenvalue weighted by Crippen LogP contribution is -2.31. The van der Waals surface area contributed by atoms with Crippen LogP contribution in [0.4, 0.5) is 13.2 Å². The molecule has 1 aromatic rings. The summed E-state index contributed by atoms with van der Waals surface area (Å²) in [6, 6.07) is 3.63. The number of hydrazine groups is 1. The van der Waals surface area contributed by atoms with E-state index < -0.39 is 18.6 Å². The van der Waals surface area contributed by atoms with E-state index in [0.29, 0.717) is 30.3 Å². The molecule has 0 aliphatic rings. The van der Waals surface area contributed by atoms with Gasteiger partial charge in [-0.05, 0) is 31.5 Å². The van der Waals surface area contributed by atoms with Gasteiger partial charge in [-0.2, -0.15) is 13.2 Å². The quantitative estimate of drug-likeness (QED) is 0.599. The Morgan fingerprint density at radius 1 is 1.15 bits per heavy atom. The van der Waals surface area contributed by atoms with Gasteiger partial charge < -0.3 is 9.47 Å². The molecule has 0 bridgehead atoms. The van der Waals surface area contributed by atoms with Crippen molar-refractivity contribution in [3.05, 3.63) is 23.8 Å². The minimum Gasteiger partial charge on any atom is -0.490 e. The van der Waals surface area contributed by atoms with Crippen LogP contribution < -0.4 is 20.7 Å². The van der Waals surface area contributed by atoms with Crippen LogP contribution in [0.1, 0.15) is 31.9 Å². The van der Waals surface area contributed by atoms with Crippen molar-refractivity contribution in [3.8, 4) is 11.5 Å². The second-order valence-corrected chi connectivity index (χ2v) is 4.11. The summed E-state index contributed by atoms with van der Waals surface area (Å²) >= 11 is 0. The summed E-state index contributed by atoms with van der Waals surface area (Å²) in [5.74, 6) is 6.12. The number of nitrogens with two attached hydrogens (primary N) is 1. The van der Waals surface area contributed by atoms with Crippen molar-refractivity contribution >= 4 is 0 Å². The maximum atomic E-state index is 12.5. The molecule has 0 saturated heterocycles. The topological polar surface area (TPSA) is 56.5 Å². The second-order valence-electron chi connectivity index (χ2n) is 4.11. The summed E-state index contributed by atoms with van der Waals surface area (Å²) in [5.41, 5.74) is 2.58. The summed E-state index contributed by atoms with van der Waals surface area (Å²) in [5, 5.41) is 0. The summed E-state index contributed by atoms with van der Waals surface area (Å²) in [4.78, 5) is 0. The van der Waals surface area contributed by atoms with Crippen molar-refractivity contribution in [2.45, 2.75) is 32.5 Å². The molecule has 1 unspecified atom stereocenters. The first-order valence-corrected chi connectivity index (χ1v) is 6.33. The Hall–Kier alpha value is -1.47. The minimum atomic E-state index is -4.30. The maximum Gasteiger partial charge on any atom is 0.390 e. The highest BCUT2D eigenvalue weighted by Gasteiger charge is 2.32. The molecule has 1 aromatic carbocycles. The third kappa shape index (κ3) is 4.90. The van der Waals surface area contributed by atoms with Crippen molar-refractivity contribution in [2.75, 3.05) is 13.2 Å². The Labute approximate surface area is 116 Å². The van der Waals surface area contributed by atoms with Crippen LogP contribution in [0.3, 0.4) is 0 Å². The lowest BCUT2D eigenvalue weighted by molar-refractivity contribution is -0.140. The van der Waals surface area contributed by atoms with Gasteiger partial charge in [-0.25, -0.2) is 0 Å². The molecule has 0 heterocycles. The maximum absolute atomic E-state index is 12.5. The largest absolute Gasteiger partial charge is 0.490 e. The van der Waals surface area contributed by atoms with Crippen molar-refractivity contribution in [1.29, 1.82) is 0 Å². The molecule has 0 fully saturated rings. The predicted molar refractivity (Wildman–Crippen MR) is 69.5 cm³/mol. The Morgan fingerprint density at radius 2 is 1.75 bits per heavy atom. The van der Waals surface area contributed by atoms with Gasteiger partial charge in [-0.15, -0.1) is 0 Å². The van der Waals surface area contributed by atoms with Crippen LogP contribution in [0, 0.1) is 0 Å². The summed E-state index contributed by atoms with van der Waals surface area (Å²) in [7, 11) is 0. The first kappa shape index (κ1) is 16.6. The predicted octanol–water partition coefficient (Wildman–Crippen LogP) is 2.94. The highest BCUT2D eigenvalue weighted by atomic mass is 19.4. The van der Waals surface area contributed by atoms with E-state index in [-0.39, 0.29) is 0 Å². The number of rotatable bonds is 7. The van der Waals surface area contributed by atoms with E-state index in [9.17, 15) is 13.2 Å². The van der Waals surface area contributed by atoms with Gasteiger partial charge in [0.25, 0.3) is 0 Å². The molecule has 0 aliphatic heterocycles. The number of hydrogen-bond donors (Lipinski definition) is 2. The number of ether oxygens (including phenoxy) is 2. The van der Waals surface area contributed by atoms with Crippen LogP contribution in [-0.4, -0.2) is 19.4 Å². The molecule has 1 rings (SSSR count). The normalized spacial score (nSPS) is 13.1. The van der Waals surface area contributed by atoms with Gasteiger partial charge in [0.2, 0.25) is 0 Å². The minimum absolute atomic E-state index is 0.392. The van der Waals surface area contributed by atoms with E-state index in [1.807, 2.05) is 6.92 Å². The number of alkyl halides is 3. The standard InChI is InChI=1S/C13H19F3N2O2/c1-3-19-11-6-5-9(7-12(11)20-4-2)10(18-17)8-13(14,15)16/h5-7,10,18H,3-4,8,17H2,1-2H3. The van der Waals surface area contributed by atoms with Gasteiger partial charge in [0.15, 0.2) is 11.5 Å². The van der Waals surface area contributed by atoms with Gasteiger partial charge >= 0.3 is 6.18 Å². The molecule has 0 spiro atoms. The number of hydrogen-bond acceptors (Lipinski definition) is 4. The monoisotopic (exact) mass is 292 g/mol. The van der Waals surface area contributed by atoms with Crippen LogP contribution in [0.15, 0.2) is 18.2 Å². The summed E-state index contributed by atoms with van der Waals surface area (Å²) in [6.07, 6.45) is -5.36. The molecule has 1 atom stereocenters. The van der Waals surface area contributed by atoms with Crippen molar-refractivity contribution in [3.63, 3.8) is 0 Å². The molecular formula is C13H19F3N2O2. The lowest BCUT2D eigenvalue weighted by atomic mass is 10.0. The average molecular weight is 292 g/mol. The van der Waals surface area contributed by atoms with Crippen molar-refractivity contribution < 1.29 is 22.6 Å². The Kier molecular flexibility index (Phi) is 6.09. The number of benzene rings is 1. The molecule has 4 nitrogen and oxygen atoms in total. The van der Waals surface area contributed by atoms with E-state index in [1.165, 1.54) is 6.07 Å².